The van der Waals surface area contributed by atoms with Crippen LogP contribution in [0.5, 0.6) is 17.2 Å². The molecule has 0 spiro atoms. The van der Waals surface area contributed by atoms with Gasteiger partial charge in [-0.15, -0.1) is 0 Å². The van der Waals surface area contributed by atoms with Gasteiger partial charge in [-0.2, -0.15) is 5.10 Å². The van der Waals surface area contributed by atoms with E-state index in [1.54, 1.807) is 30.3 Å². The van der Waals surface area contributed by atoms with Crippen LogP contribution in [-0.2, 0) is 11.4 Å². The van der Waals surface area contributed by atoms with Gasteiger partial charge in [0.05, 0.1) is 21.8 Å². The zero-order valence-electron chi connectivity index (χ0n) is 17.6. The number of carbonyl (C=O) groups is 1. The molecule has 3 aromatic rings. The van der Waals surface area contributed by atoms with Crippen molar-refractivity contribution in [2.75, 3.05) is 13.7 Å². The third-order valence-corrected chi connectivity index (χ3v) is 5.10. The van der Waals surface area contributed by atoms with Crippen LogP contribution >= 0.6 is 22.6 Å². The Bertz CT molecular complexity index is 1140. The van der Waals surface area contributed by atoms with Crippen LogP contribution in [0.3, 0.4) is 0 Å². The monoisotopic (exact) mass is 561 g/mol. The van der Waals surface area contributed by atoms with Gasteiger partial charge in [-0.25, -0.2) is 5.43 Å². The zero-order chi connectivity index (χ0) is 23.6. The zero-order valence-corrected chi connectivity index (χ0v) is 19.7. The predicted octanol–water partition coefficient (Wildman–Crippen LogP) is 4.32. The van der Waals surface area contributed by atoms with E-state index in [4.69, 9.17) is 14.2 Å². The van der Waals surface area contributed by atoms with Gasteiger partial charge in [0.2, 0.25) is 0 Å². The van der Waals surface area contributed by atoms with Gasteiger partial charge in [0, 0.05) is 12.1 Å². The summed E-state index contributed by atoms with van der Waals surface area (Å²) in [7, 11) is 1.52. The first-order valence-corrected chi connectivity index (χ1v) is 10.8. The summed E-state index contributed by atoms with van der Waals surface area (Å²) in [4.78, 5) is 22.2. The van der Waals surface area contributed by atoms with Crippen molar-refractivity contribution < 1.29 is 23.9 Å². The minimum atomic E-state index is -0.449. The number of amides is 1. The Morgan fingerprint density at radius 2 is 1.85 bits per heavy atom. The van der Waals surface area contributed by atoms with E-state index in [-0.39, 0.29) is 24.8 Å². The number of halogens is 1. The van der Waals surface area contributed by atoms with Crippen molar-refractivity contribution in [2.45, 2.75) is 6.61 Å². The van der Waals surface area contributed by atoms with Crippen LogP contribution in [0, 0.1) is 13.7 Å². The number of non-ortho nitro benzene ring substituents is 1. The molecule has 0 aliphatic rings. The number of rotatable bonds is 10. The largest absolute Gasteiger partial charge is 0.493 e. The molecule has 0 saturated carbocycles. The molecule has 1 N–H and O–H groups in total. The number of nitro groups is 1. The van der Waals surface area contributed by atoms with Gasteiger partial charge < -0.3 is 14.2 Å². The average Bonchev–Trinajstić information content (AvgIpc) is 2.82. The lowest BCUT2D eigenvalue weighted by atomic mass is 10.2. The molecule has 0 aliphatic heterocycles. The normalized spacial score (nSPS) is 10.6. The maximum Gasteiger partial charge on any atom is 0.277 e. The number of nitro benzene ring substituents is 1. The first-order valence-electron chi connectivity index (χ1n) is 9.69. The third kappa shape index (κ3) is 7.17. The number of para-hydroxylation sites is 1. The van der Waals surface area contributed by atoms with Crippen LogP contribution < -0.4 is 19.6 Å². The van der Waals surface area contributed by atoms with Crippen molar-refractivity contribution in [3.63, 3.8) is 0 Å². The van der Waals surface area contributed by atoms with Crippen LogP contribution in [0.2, 0.25) is 0 Å². The Labute approximate surface area is 203 Å². The fourth-order valence-electron chi connectivity index (χ4n) is 2.70. The number of nitrogens with one attached hydrogen (secondary N) is 1. The highest BCUT2D eigenvalue weighted by atomic mass is 127. The molecular formula is C23H20IN3O6. The van der Waals surface area contributed by atoms with Crippen molar-refractivity contribution >= 4 is 40.4 Å². The molecule has 0 aliphatic carbocycles. The second kappa shape index (κ2) is 11.8. The van der Waals surface area contributed by atoms with Crippen molar-refractivity contribution in [1.82, 2.24) is 5.43 Å². The third-order valence-electron chi connectivity index (χ3n) is 4.30. The smallest absolute Gasteiger partial charge is 0.277 e. The molecule has 9 nitrogen and oxygen atoms in total. The van der Waals surface area contributed by atoms with Crippen molar-refractivity contribution in [3.8, 4) is 17.2 Å². The van der Waals surface area contributed by atoms with E-state index in [1.807, 2.05) is 24.3 Å². The van der Waals surface area contributed by atoms with E-state index in [2.05, 4.69) is 33.1 Å². The van der Waals surface area contributed by atoms with Crippen LogP contribution in [0.15, 0.2) is 71.8 Å². The lowest BCUT2D eigenvalue weighted by molar-refractivity contribution is -0.384. The topological polar surface area (TPSA) is 112 Å². The lowest BCUT2D eigenvalue weighted by Gasteiger charge is -2.13. The second-order valence-corrected chi connectivity index (χ2v) is 7.80. The molecule has 0 bridgehead atoms. The summed E-state index contributed by atoms with van der Waals surface area (Å²) in [5.74, 6) is 1.23. The number of hydrazone groups is 1. The molecule has 0 radical (unpaired) electrons. The van der Waals surface area contributed by atoms with Crippen LogP contribution in [0.4, 0.5) is 5.69 Å². The minimum absolute atomic E-state index is 0.0215. The number of nitrogens with zero attached hydrogens (tertiary/aromatic N) is 2. The average molecular weight is 561 g/mol. The number of benzene rings is 3. The van der Waals surface area contributed by atoms with Gasteiger partial charge in [-0.05, 0) is 70.1 Å². The Hall–Kier alpha value is -3.67. The molecule has 0 atom stereocenters. The lowest BCUT2D eigenvalue weighted by Crippen LogP contribution is -2.24. The van der Waals surface area contributed by atoms with Gasteiger partial charge in [0.1, 0.15) is 12.4 Å². The quantitative estimate of drug-likeness (QED) is 0.171. The van der Waals surface area contributed by atoms with E-state index >= 15 is 0 Å². The Kier molecular flexibility index (Phi) is 8.58. The van der Waals surface area contributed by atoms with Crippen LogP contribution in [0.1, 0.15) is 11.1 Å². The molecule has 10 heteroatoms. The van der Waals surface area contributed by atoms with Crippen molar-refractivity contribution in [3.05, 3.63) is 91.5 Å². The summed E-state index contributed by atoms with van der Waals surface area (Å²) in [5, 5.41) is 14.7. The number of methoxy groups -OCH3 is 1. The Balaban J connectivity index is 1.58. The van der Waals surface area contributed by atoms with Gasteiger partial charge in [-0.1, -0.05) is 18.2 Å². The van der Waals surface area contributed by atoms with E-state index in [1.165, 1.54) is 25.5 Å². The fourth-order valence-corrected chi connectivity index (χ4v) is 3.48. The van der Waals surface area contributed by atoms with Gasteiger partial charge in [0.15, 0.2) is 18.1 Å². The first-order chi connectivity index (χ1) is 16.0. The van der Waals surface area contributed by atoms with E-state index in [9.17, 15) is 14.9 Å². The molecular weight excluding hydrogens is 541 g/mol. The van der Waals surface area contributed by atoms with Gasteiger partial charge in [-0.3, -0.25) is 14.9 Å². The van der Waals surface area contributed by atoms with Gasteiger partial charge in [0.25, 0.3) is 11.6 Å². The Morgan fingerprint density at radius 3 is 2.52 bits per heavy atom. The number of carbonyl (C=O) groups excluding carboxylic acids is 1. The summed E-state index contributed by atoms with van der Waals surface area (Å²) >= 11 is 2.11. The molecule has 0 saturated heterocycles. The summed E-state index contributed by atoms with van der Waals surface area (Å²) in [6.45, 7) is 0.0624. The number of ether oxygens (including phenoxy) is 3. The standard InChI is InChI=1S/C23H20IN3O6/c1-31-21-12-17(13-25-26-22(28)15-32-19-5-3-2-4-6-19)11-20(24)23(21)33-14-16-7-9-18(10-8-16)27(29)30/h2-13H,14-15H2,1H3,(H,26,28)/b25-13-. The Morgan fingerprint density at radius 1 is 1.12 bits per heavy atom. The summed E-state index contributed by atoms with van der Waals surface area (Å²) in [6, 6.07) is 18.7. The van der Waals surface area contributed by atoms with Crippen LogP contribution in [0.25, 0.3) is 0 Å². The summed E-state index contributed by atoms with van der Waals surface area (Å²) in [5.41, 5.74) is 3.92. The molecule has 3 rings (SSSR count). The minimum Gasteiger partial charge on any atom is -0.493 e. The second-order valence-electron chi connectivity index (χ2n) is 6.64. The maximum atomic E-state index is 11.9. The highest BCUT2D eigenvalue weighted by Gasteiger charge is 2.12. The number of hydrogen-bond acceptors (Lipinski definition) is 7. The molecule has 3 aromatic carbocycles. The molecule has 1 amide bonds. The van der Waals surface area contributed by atoms with Crippen LogP contribution in [-0.4, -0.2) is 30.8 Å². The molecule has 0 aromatic heterocycles. The summed E-state index contributed by atoms with van der Waals surface area (Å²) < 4.78 is 17.5. The van der Waals surface area contributed by atoms with Gasteiger partial charge >= 0.3 is 0 Å². The molecule has 0 unspecified atom stereocenters. The summed E-state index contributed by atoms with van der Waals surface area (Å²) in [6.07, 6.45) is 1.49. The van der Waals surface area contributed by atoms with E-state index in [0.29, 0.717) is 22.8 Å². The number of hydrogen-bond donors (Lipinski definition) is 1. The first kappa shape index (κ1) is 24.0. The molecule has 0 heterocycles. The molecule has 0 fully saturated rings. The van der Waals surface area contributed by atoms with Crippen molar-refractivity contribution in [2.24, 2.45) is 5.10 Å². The fraction of sp³-hybridized carbons (Fsp3) is 0.130. The SMILES string of the molecule is COc1cc(/C=N\NC(=O)COc2ccccc2)cc(I)c1OCc1ccc([N+](=O)[O-])cc1. The molecule has 170 valence electrons. The van der Waals surface area contributed by atoms with E-state index in [0.717, 1.165) is 9.13 Å². The predicted molar refractivity (Wildman–Crippen MR) is 131 cm³/mol. The highest BCUT2D eigenvalue weighted by Crippen LogP contribution is 2.34. The van der Waals surface area contributed by atoms with Crippen molar-refractivity contribution in [1.29, 1.82) is 0 Å². The maximum absolute atomic E-state index is 11.9. The highest BCUT2D eigenvalue weighted by molar-refractivity contribution is 14.1. The molecule has 33 heavy (non-hydrogen) atoms. The van der Waals surface area contributed by atoms with E-state index < -0.39 is 4.92 Å².